The Morgan fingerprint density at radius 2 is 2.04 bits per heavy atom. The van der Waals surface area contributed by atoms with Crippen LogP contribution in [-0.2, 0) is 6.54 Å². The van der Waals surface area contributed by atoms with Gasteiger partial charge >= 0.3 is 0 Å². The van der Waals surface area contributed by atoms with Crippen molar-refractivity contribution >= 4 is 17.1 Å². The van der Waals surface area contributed by atoms with Crippen molar-refractivity contribution in [2.24, 2.45) is 0 Å². The molecule has 0 bridgehead atoms. The average Bonchev–Trinajstić information content (AvgIpc) is 3.21. The minimum atomic E-state index is -0.796. The zero-order chi connectivity index (χ0) is 19.1. The number of hydrogen-bond donors (Lipinski definition) is 1. The molecule has 1 fully saturated rings. The number of carbonyl (C=O) groups is 1. The molecule has 10 heteroatoms. The van der Waals surface area contributed by atoms with Gasteiger partial charge in [0.2, 0.25) is 0 Å². The number of amides is 1. The third kappa shape index (κ3) is 3.18. The summed E-state index contributed by atoms with van der Waals surface area (Å²) in [7, 11) is 0. The van der Waals surface area contributed by atoms with Gasteiger partial charge in [-0.15, -0.1) is 5.10 Å². The van der Waals surface area contributed by atoms with Crippen LogP contribution in [0.4, 0.5) is 8.78 Å². The van der Waals surface area contributed by atoms with Crippen LogP contribution in [0.2, 0.25) is 0 Å². The topological polar surface area (TPSA) is 96.8 Å². The van der Waals surface area contributed by atoms with Crippen molar-refractivity contribution in [1.82, 2.24) is 29.9 Å². The van der Waals surface area contributed by atoms with Gasteiger partial charge < -0.3 is 9.88 Å². The van der Waals surface area contributed by atoms with Gasteiger partial charge in [0.15, 0.2) is 11.2 Å². The van der Waals surface area contributed by atoms with Crippen LogP contribution in [0.25, 0.3) is 11.2 Å². The molecule has 1 saturated heterocycles. The lowest BCUT2D eigenvalue weighted by Crippen LogP contribution is -2.38. The fourth-order valence-corrected chi connectivity index (χ4v) is 3.43. The highest BCUT2D eigenvalue weighted by Crippen LogP contribution is 2.23. The van der Waals surface area contributed by atoms with Crippen molar-refractivity contribution in [2.75, 3.05) is 6.54 Å². The Morgan fingerprint density at radius 3 is 2.78 bits per heavy atom. The number of likely N-dealkylation sites (tertiary alicyclic amines) is 1. The van der Waals surface area contributed by atoms with Crippen molar-refractivity contribution in [3.8, 4) is 0 Å². The summed E-state index contributed by atoms with van der Waals surface area (Å²) >= 11 is 0. The number of carbonyl (C=O) groups excluding carboxylic acids is 1. The Kier molecular flexibility index (Phi) is 4.17. The van der Waals surface area contributed by atoms with Crippen molar-refractivity contribution in [2.45, 2.75) is 32.4 Å². The Morgan fingerprint density at radius 1 is 1.30 bits per heavy atom. The van der Waals surface area contributed by atoms with Gasteiger partial charge in [0.1, 0.15) is 17.5 Å². The van der Waals surface area contributed by atoms with Crippen LogP contribution in [0.3, 0.4) is 0 Å². The van der Waals surface area contributed by atoms with E-state index in [2.05, 4.69) is 20.3 Å². The molecule has 0 aliphatic carbocycles. The van der Waals surface area contributed by atoms with Gasteiger partial charge in [-0.3, -0.25) is 9.59 Å². The van der Waals surface area contributed by atoms with Crippen LogP contribution >= 0.6 is 0 Å². The standard InChI is InChI=1S/C17H16F2N6O2/c1-9-20-15-14(16(26)21-9)22-23-25(15)8-13-3-2-4-24(13)17(27)10-5-11(18)7-12(19)6-10/h5-7,13H,2-4,8H2,1H3,(H,20,21,26)/t13-/m1/s1. The van der Waals surface area contributed by atoms with E-state index in [1.807, 2.05) is 0 Å². The number of fused-ring (bicyclic) bond motifs is 1. The van der Waals surface area contributed by atoms with Crippen LogP contribution in [0.1, 0.15) is 29.0 Å². The zero-order valence-corrected chi connectivity index (χ0v) is 14.4. The van der Waals surface area contributed by atoms with Gasteiger partial charge in [-0.2, -0.15) is 0 Å². The summed E-state index contributed by atoms with van der Waals surface area (Å²) in [5.74, 6) is -1.60. The number of halogens is 2. The van der Waals surface area contributed by atoms with E-state index in [1.165, 1.54) is 4.68 Å². The fraction of sp³-hybridized carbons (Fsp3) is 0.353. The number of nitrogens with zero attached hydrogens (tertiary/aromatic N) is 5. The molecule has 1 aromatic carbocycles. The minimum absolute atomic E-state index is 0.0340. The first-order chi connectivity index (χ1) is 12.9. The molecule has 140 valence electrons. The molecule has 4 rings (SSSR count). The summed E-state index contributed by atoms with van der Waals surface area (Å²) in [6.07, 6.45) is 1.46. The molecule has 8 nitrogen and oxygen atoms in total. The van der Waals surface area contributed by atoms with E-state index in [4.69, 9.17) is 0 Å². The number of aromatic nitrogens is 5. The van der Waals surface area contributed by atoms with Gasteiger partial charge in [-0.05, 0) is 31.9 Å². The Hall–Kier alpha value is -3.17. The second-order valence-corrected chi connectivity index (χ2v) is 6.55. The maximum atomic E-state index is 13.5. The number of hydrogen-bond acceptors (Lipinski definition) is 5. The summed E-state index contributed by atoms with van der Waals surface area (Å²) in [5.41, 5.74) is 0.0580. The van der Waals surface area contributed by atoms with E-state index in [9.17, 15) is 18.4 Å². The molecule has 3 heterocycles. The minimum Gasteiger partial charge on any atom is -0.334 e. The van der Waals surface area contributed by atoms with Gasteiger partial charge in [-0.1, -0.05) is 5.21 Å². The number of nitrogens with one attached hydrogen (secondary N) is 1. The number of aromatic amines is 1. The Balaban J connectivity index is 1.62. The summed E-state index contributed by atoms with van der Waals surface area (Å²) in [6, 6.07) is 2.53. The van der Waals surface area contributed by atoms with Crippen LogP contribution in [0.5, 0.6) is 0 Å². The van der Waals surface area contributed by atoms with E-state index in [1.54, 1.807) is 11.8 Å². The molecular formula is C17H16F2N6O2. The largest absolute Gasteiger partial charge is 0.334 e. The average molecular weight is 374 g/mol. The SMILES string of the molecule is Cc1nc2c(nnn2C[C@H]2CCCN2C(=O)c2cc(F)cc(F)c2)c(=O)[nH]1. The van der Waals surface area contributed by atoms with E-state index in [-0.39, 0.29) is 29.2 Å². The molecule has 0 unspecified atom stereocenters. The molecule has 27 heavy (non-hydrogen) atoms. The monoisotopic (exact) mass is 374 g/mol. The quantitative estimate of drug-likeness (QED) is 0.748. The second-order valence-electron chi connectivity index (χ2n) is 6.55. The lowest BCUT2D eigenvalue weighted by atomic mass is 10.1. The summed E-state index contributed by atoms with van der Waals surface area (Å²) in [4.78, 5) is 33.1. The highest BCUT2D eigenvalue weighted by atomic mass is 19.1. The molecule has 0 radical (unpaired) electrons. The predicted molar refractivity (Wildman–Crippen MR) is 91.1 cm³/mol. The molecule has 1 aliphatic heterocycles. The maximum Gasteiger partial charge on any atom is 0.281 e. The van der Waals surface area contributed by atoms with E-state index in [0.29, 0.717) is 24.4 Å². The lowest BCUT2D eigenvalue weighted by Gasteiger charge is -2.24. The molecule has 2 aromatic heterocycles. The van der Waals surface area contributed by atoms with Gasteiger partial charge in [0, 0.05) is 18.2 Å². The normalized spacial score (nSPS) is 17.0. The van der Waals surface area contributed by atoms with Crippen LogP contribution in [0, 0.1) is 18.6 Å². The van der Waals surface area contributed by atoms with Crippen LogP contribution in [0.15, 0.2) is 23.0 Å². The molecule has 1 aliphatic rings. The summed E-state index contributed by atoms with van der Waals surface area (Å²) in [6.45, 7) is 2.42. The van der Waals surface area contributed by atoms with E-state index >= 15 is 0 Å². The second kappa shape index (κ2) is 6.53. The van der Waals surface area contributed by atoms with Crippen molar-refractivity contribution in [3.05, 3.63) is 51.6 Å². The van der Waals surface area contributed by atoms with Crippen LogP contribution < -0.4 is 5.56 Å². The van der Waals surface area contributed by atoms with Crippen LogP contribution in [-0.4, -0.2) is 48.4 Å². The Labute approximate surface area is 151 Å². The number of rotatable bonds is 3. The highest BCUT2D eigenvalue weighted by Gasteiger charge is 2.31. The fourth-order valence-electron chi connectivity index (χ4n) is 3.43. The number of benzene rings is 1. The first kappa shape index (κ1) is 17.3. The number of H-pyrrole nitrogens is 1. The van der Waals surface area contributed by atoms with Crippen molar-refractivity contribution < 1.29 is 13.6 Å². The van der Waals surface area contributed by atoms with Gasteiger partial charge in [0.25, 0.3) is 11.5 Å². The third-order valence-electron chi connectivity index (χ3n) is 4.62. The lowest BCUT2D eigenvalue weighted by molar-refractivity contribution is 0.0721. The molecule has 1 N–H and O–H groups in total. The first-order valence-corrected chi connectivity index (χ1v) is 8.49. The molecule has 1 amide bonds. The third-order valence-corrected chi connectivity index (χ3v) is 4.62. The summed E-state index contributed by atoms with van der Waals surface area (Å²) in [5, 5.41) is 7.84. The first-order valence-electron chi connectivity index (χ1n) is 8.49. The smallest absolute Gasteiger partial charge is 0.281 e. The zero-order valence-electron chi connectivity index (χ0n) is 14.4. The van der Waals surface area contributed by atoms with Crippen molar-refractivity contribution in [1.29, 1.82) is 0 Å². The van der Waals surface area contributed by atoms with Gasteiger partial charge in [0.05, 0.1) is 12.6 Å². The predicted octanol–water partition coefficient (Wildman–Crippen LogP) is 1.41. The molecule has 3 aromatic rings. The molecule has 0 spiro atoms. The van der Waals surface area contributed by atoms with E-state index < -0.39 is 17.5 Å². The van der Waals surface area contributed by atoms with Crippen molar-refractivity contribution in [3.63, 3.8) is 0 Å². The van der Waals surface area contributed by atoms with E-state index in [0.717, 1.165) is 24.6 Å². The highest BCUT2D eigenvalue weighted by molar-refractivity contribution is 5.94. The molecular weight excluding hydrogens is 358 g/mol. The molecule has 1 atom stereocenters. The van der Waals surface area contributed by atoms with Gasteiger partial charge in [-0.25, -0.2) is 18.4 Å². The maximum absolute atomic E-state index is 13.5. The summed E-state index contributed by atoms with van der Waals surface area (Å²) < 4.78 is 28.4. The Bertz CT molecular complexity index is 1070. The molecule has 0 saturated carbocycles. The number of aryl methyl sites for hydroxylation is 1.